The number of rotatable bonds is 6. The first kappa shape index (κ1) is 12.5. The molecule has 0 radical (unpaired) electrons. The maximum atomic E-state index is 10.6. The van der Waals surface area contributed by atoms with E-state index in [1.54, 1.807) is 0 Å². The second-order valence-electron chi connectivity index (χ2n) is 4.81. The van der Waals surface area contributed by atoms with E-state index in [1.165, 1.54) is 24.6 Å². The second kappa shape index (κ2) is 5.12. The van der Waals surface area contributed by atoms with Gasteiger partial charge in [0.25, 0.3) is 0 Å². The van der Waals surface area contributed by atoms with Crippen molar-refractivity contribution in [3.8, 4) is 0 Å². The fraction of sp³-hybridized carbons (Fsp3) is 0.667. The number of carboxylic acids is 1. The molecule has 94 valence electrons. The summed E-state index contributed by atoms with van der Waals surface area (Å²) in [5.41, 5.74) is 0.959. The Labute approximate surface area is 105 Å². The second-order valence-corrected chi connectivity index (χ2v) is 5.76. The number of carbonyl (C=O) groups is 1. The van der Waals surface area contributed by atoms with Gasteiger partial charge in [0.15, 0.2) is 5.16 Å². The molecule has 1 fully saturated rings. The molecule has 1 aromatic rings. The molecule has 17 heavy (non-hydrogen) atoms. The van der Waals surface area contributed by atoms with Gasteiger partial charge in [0.1, 0.15) is 0 Å². The summed E-state index contributed by atoms with van der Waals surface area (Å²) < 4.78 is 2.10. The van der Waals surface area contributed by atoms with Gasteiger partial charge in [-0.25, -0.2) is 4.98 Å². The van der Waals surface area contributed by atoms with E-state index in [2.05, 4.69) is 16.5 Å². The van der Waals surface area contributed by atoms with Gasteiger partial charge in [-0.15, -0.1) is 0 Å². The van der Waals surface area contributed by atoms with Crippen molar-refractivity contribution in [3.63, 3.8) is 0 Å². The molecule has 1 saturated carbocycles. The molecule has 0 saturated heterocycles. The van der Waals surface area contributed by atoms with Crippen LogP contribution in [-0.2, 0) is 11.3 Å². The smallest absolute Gasteiger partial charge is 0.313 e. The highest BCUT2D eigenvalue weighted by Gasteiger charge is 2.28. The van der Waals surface area contributed by atoms with Crippen molar-refractivity contribution < 1.29 is 9.90 Å². The van der Waals surface area contributed by atoms with Gasteiger partial charge in [0, 0.05) is 12.7 Å². The predicted octanol–water partition coefficient (Wildman–Crippen LogP) is 2.41. The summed E-state index contributed by atoms with van der Waals surface area (Å²) in [5.74, 6) is 0.800. The first-order chi connectivity index (χ1) is 8.06. The van der Waals surface area contributed by atoms with Gasteiger partial charge in [-0.3, -0.25) is 4.79 Å². The first-order valence-electron chi connectivity index (χ1n) is 5.94. The van der Waals surface area contributed by atoms with Crippen LogP contribution in [0.15, 0.2) is 11.4 Å². The summed E-state index contributed by atoms with van der Waals surface area (Å²) in [6.07, 6.45) is 4.70. The molecule has 1 atom stereocenters. The number of aromatic nitrogens is 2. The topological polar surface area (TPSA) is 55.1 Å². The summed E-state index contributed by atoms with van der Waals surface area (Å²) in [6.45, 7) is 5.16. The molecule has 0 aromatic carbocycles. The molecule has 0 spiro atoms. The maximum Gasteiger partial charge on any atom is 0.313 e. The lowest BCUT2D eigenvalue weighted by atomic mass is 10.1. The van der Waals surface area contributed by atoms with Crippen molar-refractivity contribution in [1.82, 2.24) is 9.55 Å². The van der Waals surface area contributed by atoms with Crippen LogP contribution in [0, 0.1) is 18.8 Å². The standard InChI is InChI=1S/C12H18N2O2S/c1-8(10-3-4-10)5-14-6-9(2)13-12(14)17-7-11(15)16/h6,8,10H,3-5,7H2,1-2H3,(H,15,16). The Morgan fingerprint density at radius 1 is 1.71 bits per heavy atom. The van der Waals surface area contributed by atoms with Crippen molar-refractivity contribution in [2.45, 2.75) is 38.4 Å². The van der Waals surface area contributed by atoms with Gasteiger partial charge in [0.05, 0.1) is 11.4 Å². The highest BCUT2D eigenvalue weighted by atomic mass is 32.2. The van der Waals surface area contributed by atoms with Gasteiger partial charge < -0.3 is 9.67 Å². The summed E-state index contributed by atoms with van der Waals surface area (Å²) >= 11 is 1.30. The fourth-order valence-electron chi connectivity index (χ4n) is 2.02. The highest BCUT2D eigenvalue weighted by Crippen LogP contribution is 2.37. The van der Waals surface area contributed by atoms with Crippen LogP contribution in [0.4, 0.5) is 0 Å². The third-order valence-corrected chi connectivity index (χ3v) is 4.07. The fourth-order valence-corrected chi connectivity index (χ4v) is 2.78. The number of carboxylic acid groups (broad SMARTS) is 1. The van der Waals surface area contributed by atoms with Crippen LogP contribution in [0.5, 0.6) is 0 Å². The van der Waals surface area contributed by atoms with Crippen LogP contribution in [0.25, 0.3) is 0 Å². The van der Waals surface area contributed by atoms with E-state index in [4.69, 9.17) is 5.11 Å². The van der Waals surface area contributed by atoms with Crippen LogP contribution in [0.1, 0.15) is 25.5 Å². The van der Waals surface area contributed by atoms with Gasteiger partial charge in [0.2, 0.25) is 0 Å². The molecule has 1 aliphatic carbocycles. The molecule has 1 aliphatic rings. The molecule has 4 nitrogen and oxygen atoms in total. The average molecular weight is 254 g/mol. The number of aryl methyl sites for hydroxylation is 1. The van der Waals surface area contributed by atoms with Gasteiger partial charge in [-0.1, -0.05) is 18.7 Å². The molecule has 2 rings (SSSR count). The van der Waals surface area contributed by atoms with Gasteiger partial charge in [-0.2, -0.15) is 0 Å². The van der Waals surface area contributed by atoms with Crippen molar-refractivity contribution in [2.24, 2.45) is 11.8 Å². The zero-order chi connectivity index (χ0) is 12.4. The van der Waals surface area contributed by atoms with Crippen molar-refractivity contribution >= 4 is 17.7 Å². The van der Waals surface area contributed by atoms with Gasteiger partial charge >= 0.3 is 5.97 Å². The maximum absolute atomic E-state index is 10.6. The van der Waals surface area contributed by atoms with E-state index in [0.717, 1.165) is 23.3 Å². The Morgan fingerprint density at radius 2 is 2.41 bits per heavy atom. The zero-order valence-electron chi connectivity index (χ0n) is 10.2. The minimum atomic E-state index is -0.794. The number of hydrogen-bond donors (Lipinski definition) is 1. The first-order valence-corrected chi connectivity index (χ1v) is 6.93. The molecular formula is C12H18N2O2S. The Hall–Kier alpha value is -0.970. The molecule has 0 amide bonds. The normalized spacial score (nSPS) is 17.1. The van der Waals surface area contributed by atoms with E-state index in [9.17, 15) is 4.79 Å². The van der Waals surface area contributed by atoms with E-state index < -0.39 is 5.97 Å². The SMILES string of the molecule is Cc1cn(CC(C)C2CC2)c(SCC(=O)O)n1. The number of aliphatic carboxylic acids is 1. The zero-order valence-corrected chi connectivity index (χ0v) is 11.0. The average Bonchev–Trinajstić information content (AvgIpc) is 3.02. The molecule has 0 aliphatic heterocycles. The minimum Gasteiger partial charge on any atom is -0.481 e. The lowest BCUT2D eigenvalue weighted by Gasteiger charge is -2.12. The Morgan fingerprint density at radius 3 is 3.00 bits per heavy atom. The quantitative estimate of drug-likeness (QED) is 0.792. The molecule has 1 aromatic heterocycles. The van der Waals surface area contributed by atoms with Gasteiger partial charge in [-0.05, 0) is 31.6 Å². The summed E-state index contributed by atoms with van der Waals surface area (Å²) in [7, 11) is 0. The number of nitrogens with zero attached hydrogens (tertiary/aromatic N) is 2. The molecule has 1 N–H and O–H groups in total. The van der Waals surface area contributed by atoms with Crippen molar-refractivity contribution in [3.05, 3.63) is 11.9 Å². The Bertz CT molecular complexity index is 413. The van der Waals surface area contributed by atoms with Crippen LogP contribution < -0.4 is 0 Å². The molecule has 1 unspecified atom stereocenters. The van der Waals surface area contributed by atoms with Crippen LogP contribution in [0.2, 0.25) is 0 Å². The Balaban J connectivity index is 2.01. The molecule has 1 heterocycles. The lowest BCUT2D eigenvalue weighted by molar-refractivity contribution is -0.133. The van der Waals surface area contributed by atoms with E-state index in [0.29, 0.717) is 5.92 Å². The van der Waals surface area contributed by atoms with Crippen molar-refractivity contribution in [2.75, 3.05) is 5.75 Å². The van der Waals surface area contributed by atoms with E-state index >= 15 is 0 Å². The summed E-state index contributed by atoms with van der Waals surface area (Å²) in [4.78, 5) is 15.0. The summed E-state index contributed by atoms with van der Waals surface area (Å²) in [5, 5.41) is 9.53. The highest BCUT2D eigenvalue weighted by molar-refractivity contribution is 7.99. The monoisotopic (exact) mass is 254 g/mol. The largest absolute Gasteiger partial charge is 0.481 e. The van der Waals surface area contributed by atoms with Crippen molar-refractivity contribution in [1.29, 1.82) is 0 Å². The third-order valence-electron chi connectivity index (χ3n) is 3.10. The number of thioether (sulfide) groups is 1. The predicted molar refractivity (Wildman–Crippen MR) is 67.2 cm³/mol. The van der Waals surface area contributed by atoms with Crippen LogP contribution in [0.3, 0.4) is 0 Å². The Kier molecular flexibility index (Phi) is 3.76. The molecule has 0 bridgehead atoms. The number of imidazole rings is 1. The molecule has 5 heteroatoms. The van der Waals surface area contributed by atoms with Crippen LogP contribution in [-0.4, -0.2) is 26.4 Å². The van der Waals surface area contributed by atoms with E-state index in [1.807, 2.05) is 13.1 Å². The molecular weight excluding hydrogens is 236 g/mol. The van der Waals surface area contributed by atoms with Crippen LogP contribution >= 0.6 is 11.8 Å². The lowest BCUT2D eigenvalue weighted by Crippen LogP contribution is -2.10. The third kappa shape index (κ3) is 3.49. The number of hydrogen-bond acceptors (Lipinski definition) is 3. The van der Waals surface area contributed by atoms with E-state index in [-0.39, 0.29) is 5.75 Å². The minimum absolute atomic E-state index is 0.0776. The summed E-state index contributed by atoms with van der Waals surface area (Å²) in [6, 6.07) is 0.